The molecule has 1 saturated heterocycles. The van der Waals surface area contributed by atoms with Crippen molar-refractivity contribution >= 4 is 9.76 Å². The van der Waals surface area contributed by atoms with Gasteiger partial charge in [0, 0.05) is 19.8 Å². The first-order valence-corrected chi connectivity index (χ1v) is 5.45. The Bertz CT molecular complexity index is 51.6. The van der Waals surface area contributed by atoms with Gasteiger partial charge in [0.1, 0.15) is 0 Å². The molecule has 0 aromatic carbocycles. The maximum Gasteiger partial charge on any atom is 0.229 e. The first-order chi connectivity index (χ1) is 5.41. The van der Waals surface area contributed by atoms with Gasteiger partial charge in [-0.25, -0.2) is 0 Å². The summed E-state index contributed by atoms with van der Waals surface area (Å²) in [5, 5.41) is 0. The summed E-state index contributed by atoms with van der Waals surface area (Å²) < 4.78 is 9.93. The molecule has 0 aromatic rings. The standard InChI is InChI=1S/C4H8OSi.C4H10O/c1-2-4-6-5-3-1;1-3-5-4-2/h1-4H2;3-4H2,1-2H3. The fraction of sp³-hybridized carbons (Fsp3) is 1.00. The first kappa shape index (κ1) is 11.1. The third-order valence-corrected chi connectivity index (χ3v) is 2.25. The summed E-state index contributed by atoms with van der Waals surface area (Å²) in [6, 6.07) is 1.31. The Labute approximate surface area is 72.2 Å². The van der Waals surface area contributed by atoms with E-state index < -0.39 is 0 Å². The molecule has 1 aliphatic heterocycles. The van der Waals surface area contributed by atoms with E-state index in [2.05, 4.69) is 0 Å². The molecule has 3 heteroatoms. The van der Waals surface area contributed by atoms with Gasteiger partial charge >= 0.3 is 0 Å². The van der Waals surface area contributed by atoms with Gasteiger partial charge in [0.15, 0.2) is 0 Å². The average Bonchev–Trinajstić information content (AvgIpc) is 2.10. The van der Waals surface area contributed by atoms with Crippen molar-refractivity contribution in [1.29, 1.82) is 0 Å². The normalized spacial score (nSPS) is 16.9. The summed E-state index contributed by atoms with van der Waals surface area (Å²) >= 11 is 0. The zero-order valence-corrected chi connectivity index (χ0v) is 8.56. The Morgan fingerprint density at radius 3 is 2.09 bits per heavy atom. The molecule has 0 atom stereocenters. The molecule has 2 nitrogen and oxygen atoms in total. The van der Waals surface area contributed by atoms with Crippen molar-refractivity contribution in [3.8, 4) is 0 Å². The van der Waals surface area contributed by atoms with Crippen molar-refractivity contribution in [2.45, 2.75) is 32.7 Å². The van der Waals surface area contributed by atoms with Crippen LogP contribution < -0.4 is 0 Å². The van der Waals surface area contributed by atoms with Gasteiger partial charge in [-0.2, -0.15) is 0 Å². The summed E-state index contributed by atoms with van der Waals surface area (Å²) in [7, 11) is 0.802. The van der Waals surface area contributed by atoms with E-state index in [1.54, 1.807) is 0 Å². The fourth-order valence-corrected chi connectivity index (χ4v) is 1.55. The smallest absolute Gasteiger partial charge is 0.229 e. The highest BCUT2D eigenvalue weighted by Gasteiger charge is 1.97. The van der Waals surface area contributed by atoms with Gasteiger partial charge < -0.3 is 9.16 Å². The van der Waals surface area contributed by atoms with Crippen LogP contribution in [0.15, 0.2) is 0 Å². The van der Waals surface area contributed by atoms with Crippen LogP contribution in [0.4, 0.5) is 0 Å². The maximum absolute atomic E-state index is 5.10. The molecule has 1 aliphatic rings. The van der Waals surface area contributed by atoms with Crippen LogP contribution >= 0.6 is 0 Å². The number of rotatable bonds is 2. The molecule has 0 N–H and O–H groups in total. The van der Waals surface area contributed by atoms with E-state index in [9.17, 15) is 0 Å². The van der Waals surface area contributed by atoms with E-state index in [1.807, 2.05) is 13.8 Å². The zero-order valence-electron chi connectivity index (χ0n) is 7.56. The molecule has 1 heterocycles. The molecule has 1 rings (SSSR count). The van der Waals surface area contributed by atoms with E-state index >= 15 is 0 Å². The van der Waals surface area contributed by atoms with Crippen LogP contribution in [0.2, 0.25) is 6.04 Å². The number of hydrogen-bond donors (Lipinski definition) is 0. The van der Waals surface area contributed by atoms with E-state index in [0.29, 0.717) is 0 Å². The molecular formula is C8H18O2Si. The second-order valence-corrected chi connectivity index (χ2v) is 3.31. The van der Waals surface area contributed by atoms with Crippen molar-refractivity contribution in [1.82, 2.24) is 0 Å². The summed E-state index contributed by atoms with van der Waals surface area (Å²) in [4.78, 5) is 0. The average molecular weight is 174 g/mol. The Balaban J connectivity index is 0.000000187. The predicted octanol–water partition coefficient (Wildman–Crippen LogP) is 1.88. The summed E-state index contributed by atoms with van der Waals surface area (Å²) in [6.45, 7) is 6.68. The van der Waals surface area contributed by atoms with Crippen LogP contribution in [0.3, 0.4) is 0 Å². The Kier molecular flexibility index (Phi) is 10.3. The van der Waals surface area contributed by atoms with Gasteiger partial charge in [-0.05, 0) is 26.3 Å². The third-order valence-electron chi connectivity index (χ3n) is 1.29. The lowest BCUT2D eigenvalue weighted by Crippen LogP contribution is -2.06. The fourth-order valence-electron chi connectivity index (χ4n) is 0.720. The van der Waals surface area contributed by atoms with Crippen LogP contribution in [0, 0.1) is 0 Å². The summed E-state index contributed by atoms with van der Waals surface area (Å²) in [5.41, 5.74) is 0. The van der Waals surface area contributed by atoms with Crippen LogP contribution in [-0.4, -0.2) is 29.6 Å². The molecule has 2 radical (unpaired) electrons. The molecule has 0 saturated carbocycles. The van der Waals surface area contributed by atoms with Crippen molar-refractivity contribution in [3.05, 3.63) is 0 Å². The second kappa shape index (κ2) is 10.1. The van der Waals surface area contributed by atoms with E-state index in [-0.39, 0.29) is 0 Å². The molecule has 0 aromatic heterocycles. The molecule has 0 spiro atoms. The molecule has 11 heavy (non-hydrogen) atoms. The quantitative estimate of drug-likeness (QED) is 0.595. The Morgan fingerprint density at radius 2 is 2.00 bits per heavy atom. The first-order valence-electron chi connectivity index (χ1n) is 4.34. The van der Waals surface area contributed by atoms with Gasteiger partial charge in [0.05, 0.1) is 0 Å². The topological polar surface area (TPSA) is 18.5 Å². The highest BCUT2D eigenvalue weighted by Crippen LogP contribution is 2.01. The Hall–Kier alpha value is 0.137. The largest absolute Gasteiger partial charge is 0.417 e. The number of hydrogen-bond acceptors (Lipinski definition) is 2. The molecule has 0 amide bonds. The minimum absolute atomic E-state index is 0.802. The minimum atomic E-state index is 0.802. The molecule has 1 fully saturated rings. The molecule has 66 valence electrons. The third kappa shape index (κ3) is 10.1. The van der Waals surface area contributed by atoms with Crippen LogP contribution in [0.5, 0.6) is 0 Å². The molecular weight excluding hydrogens is 156 g/mol. The van der Waals surface area contributed by atoms with Crippen LogP contribution in [0.1, 0.15) is 26.7 Å². The van der Waals surface area contributed by atoms with Gasteiger partial charge in [-0.3, -0.25) is 0 Å². The number of ether oxygens (including phenoxy) is 1. The zero-order chi connectivity index (χ0) is 8.36. The SMILES string of the molecule is C1CC[Si]OC1.CCOCC. The highest BCUT2D eigenvalue weighted by atomic mass is 28.2. The van der Waals surface area contributed by atoms with Crippen molar-refractivity contribution in [3.63, 3.8) is 0 Å². The van der Waals surface area contributed by atoms with Gasteiger partial charge in [0.2, 0.25) is 9.76 Å². The lowest BCUT2D eigenvalue weighted by Gasteiger charge is -2.06. The molecule has 0 unspecified atom stereocenters. The lowest BCUT2D eigenvalue weighted by atomic mass is 10.4. The predicted molar refractivity (Wildman–Crippen MR) is 47.9 cm³/mol. The highest BCUT2D eigenvalue weighted by molar-refractivity contribution is 6.27. The van der Waals surface area contributed by atoms with Crippen molar-refractivity contribution in [2.75, 3.05) is 19.8 Å². The summed E-state index contributed by atoms with van der Waals surface area (Å²) in [5.74, 6) is 0. The minimum Gasteiger partial charge on any atom is -0.417 e. The maximum atomic E-state index is 5.10. The van der Waals surface area contributed by atoms with Crippen LogP contribution in [-0.2, 0) is 9.16 Å². The van der Waals surface area contributed by atoms with Gasteiger partial charge in [-0.1, -0.05) is 6.42 Å². The second-order valence-electron chi connectivity index (χ2n) is 2.23. The van der Waals surface area contributed by atoms with E-state index in [1.165, 1.54) is 18.9 Å². The van der Waals surface area contributed by atoms with E-state index in [4.69, 9.17) is 9.16 Å². The monoisotopic (exact) mass is 174 g/mol. The lowest BCUT2D eigenvalue weighted by molar-refractivity contribution is 0.162. The van der Waals surface area contributed by atoms with E-state index in [0.717, 1.165) is 29.6 Å². The molecule has 0 aliphatic carbocycles. The van der Waals surface area contributed by atoms with Gasteiger partial charge in [0.25, 0.3) is 0 Å². The Morgan fingerprint density at radius 1 is 1.27 bits per heavy atom. The van der Waals surface area contributed by atoms with Gasteiger partial charge in [-0.15, -0.1) is 0 Å². The van der Waals surface area contributed by atoms with Crippen molar-refractivity contribution in [2.24, 2.45) is 0 Å². The summed E-state index contributed by atoms with van der Waals surface area (Å²) in [6.07, 6.45) is 2.67. The molecule has 0 bridgehead atoms. The van der Waals surface area contributed by atoms with Crippen LogP contribution in [0.25, 0.3) is 0 Å². The van der Waals surface area contributed by atoms with Crippen molar-refractivity contribution < 1.29 is 9.16 Å².